The van der Waals surface area contributed by atoms with Gasteiger partial charge in [-0.15, -0.1) is 0 Å². The maximum atomic E-state index is 12.9. The Morgan fingerprint density at radius 1 is 1.42 bits per heavy atom. The Hall–Kier alpha value is -1.34. The second-order valence-corrected chi connectivity index (χ2v) is 5.57. The van der Waals surface area contributed by atoms with Gasteiger partial charge < -0.3 is 15.7 Å². The molecule has 1 unspecified atom stereocenters. The Kier molecular flexibility index (Phi) is 4.26. The summed E-state index contributed by atoms with van der Waals surface area (Å²) < 4.78 is 25.6. The minimum absolute atomic E-state index is 0.134. The summed E-state index contributed by atoms with van der Waals surface area (Å²) in [5.74, 6) is -0.548. The van der Waals surface area contributed by atoms with Gasteiger partial charge >= 0.3 is 6.03 Å². The van der Waals surface area contributed by atoms with Crippen LogP contribution in [-0.4, -0.2) is 34.8 Å². The summed E-state index contributed by atoms with van der Waals surface area (Å²) in [6, 6.07) is 2.54. The Bertz CT molecular complexity index is 479. The van der Waals surface area contributed by atoms with E-state index in [2.05, 4.69) is 10.6 Å². The van der Waals surface area contributed by atoms with Gasteiger partial charge in [0.1, 0.15) is 0 Å². The van der Waals surface area contributed by atoms with Crippen molar-refractivity contribution in [2.45, 2.75) is 12.0 Å². The van der Waals surface area contributed by atoms with Crippen molar-refractivity contribution in [1.82, 2.24) is 5.32 Å². The summed E-state index contributed by atoms with van der Waals surface area (Å²) in [5.41, 5.74) is -0.722. The lowest BCUT2D eigenvalue weighted by Gasteiger charge is -2.21. The molecule has 1 heterocycles. The van der Waals surface area contributed by atoms with Crippen LogP contribution in [0.4, 0.5) is 19.3 Å². The van der Waals surface area contributed by atoms with Gasteiger partial charge in [-0.2, -0.15) is 11.8 Å². The average molecular weight is 288 g/mol. The largest absolute Gasteiger partial charge is 0.387 e. The molecule has 1 fully saturated rings. The average Bonchev–Trinajstić information content (AvgIpc) is 2.79. The van der Waals surface area contributed by atoms with E-state index >= 15 is 0 Å². The lowest BCUT2D eigenvalue weighted by molar-refractivity contribution is 0.0706. The van der Waals surface area contributed by atoms with Crippen molar-refractivity contribution in [3.8, 4) is 0 Å². The molecule has 1 aliphatic heterocycles. The molecule has 0 aliphatic carbocycles. The van der Waals surface area contributed by atoms with Crippen molar-refractivity contribution in [1.29, 1.82) is 0 Å². The number of carbonyl (C=O) groups is 1. The number of halogens is 2. The molecule has 7 heteroatoms. The van der Waals surface area contributed by atoms with E-state index in [1.807, 2.05) is 0 Å². The molecule has 4 nitrogen and oxygen atoms in total. The number of aliphatic hydroxyl groups is 1. The van der Waals surface area contributed by atoms with Crippen molar-refractivity contribution in [3.63, 3.8) is 0 Å². The van der Waals surface area contributed by atoms with Gasteiger partial charge in [0.15, 0.2) is 11.6 Å². The molecule has 2 rings (SSSR count). The number of nitrogens with one attached hydrogen (secondary N) is 2. The first-order valence-corrected chi connectivity index (χ1v) is 6.94. The molecule has 0 saturated carbocycles. The van der Waals surface area contributed by atoms with E-state index in [-0.39, 0.29) is 12.2 Å². The first kappa shape index (κ1) is 14.1. The van der Waals surface area contributed by atoms with Crippen LogP contribution in [0.3, 0.4) is 0 Å². The van der Waals surface area contributed by atoms with Crippen LogP contribution in [0.25, 0.3) is 0 Å². The number of hydrogen-bond donors (Lipinski definition) is 3. The number of hydrogen-bond acceptors (Lipinski definition) is 3. The van der Waals surface area contributed by atoms with Crippen molar-refractivity contribution in [2.24, 2.45) is 0 Å². The Morgan fingerprint density at radius 2 is 2.21 bits per heavy atom. The molecule has 2 amide bonds. The number of urea groups is 1. The Morgan fingerprint density at radius 3 is 2.84 bits per heavy atom. The third-order valence-electron chi connectivity index (χ3n) is 2.84. The van der Waals surface area contributed by atoms with Gasteiger partial charge in [0, 0.05) is 24.1 Å². The standard InChI is InChI=1S/C12H14F2N2O2S/c13-9-2-1-8(5-10(9)14)16-11(17)15-6-12(18)3-4-19-7-12/h1-2,5,18H,3-4,6-7H2,(H2,15,16,17). The lowest BCUT2D eigenvalue weighted by Crippen LogP contribution is -2.44. The summed E-state index contributed by atoms with van der Waals surface area (Å²) in [6.07, 6.45) is 0.628. The highest BCUT2D eigenvalue weighted by Gasteiger charge is 2.31. The minimum atomic E-state index is -1.02. The van der Waals surface area contributed by atoms with Crippen LogP contribution in [-0.2, 0) is 0 Å². The molecule has 1 atom stereocenters. The van der Waals surface area contributed by atoms with Gasteiger partial charge in [0.05, 0.1) is 5.60 Å². The quantitative estimate of drug-likeness (QED) is 0.796. The fraction of sp³-hybridized carbons (Fsp3) is 0.417. The molecule has 1 aromatic carbocycles. The highest BCUT2D eigenvalue weighted by Crippen LogP contribution is 2.26. The number of benzene rings is 1. The second-order valence-electron chi connectivity index (χ2n) is 4.46. The summed E-state index contributed by atoms with van der Waals surface area (Å²) >= 11 is 1.63. The van der Waals surface area contributed by atoms with E-state index in [1.165, 1.54) is 6.07 Å². The van der Waals surface area contributed by atoms with E-state index in [0.717, 1.165) is 17.9 Å². The zero-order valence-corrected chi connectivity index (χ0v) is 10.9. The van der Waals surface area contributed by atoms with Crippen LogP contribution in [0.15, 0.2) is 18.2 Å². The molecule has 104 valence electrons. The van der Waals surface area contributed by atoms with Crippen molar-refractivity contribution >= 4 is 23.5 Å². The fourth-order valence-electron chi connectivity index (χ4n) is 1.73. The number of carbonyl (C=O) groups excluding carboxylic acids is 1. The Labute approximate surface area is 113 Å². The predicted octanol–water partition coefficient (Wildman–Crippen LogP) is 1.95. The fourth-order valence-corrected chi connectivity index (χ4v) is 3.02. The van der Waals surface area contributed by atoms with Gasteiger partial charge in [0.25, 0.3) is 0 Å². The smallest absolute Gasteiger partial charge is 0.319 e. The van der Waals surface area contributed by atoms with E-state index in [9.17, 15) is 18.7 Å². The molecule has 3 N–H and O–H groups in total. The van der Waals surface area contributed by atoms with Crippen LogP contribution in [0.1, 0.15) is 6.42 Å². The predicted molar refractivity (Wildman–Crippen MR) is 70.3 cm³/mol. The zero-order chi connectivity index (χ0) is 13.9. The first-order chi connectivity index (χ1) is 8.98. The third kappa shape index (κ3) is 3.81. The molecule has 1 aromatic rings. The van der Waals surface area contributed by atoms with Gasteiger partial charge in [-0.25, -0.2) is 13.6 Å². The summed E-state index contributed by atoms with van der Waals surface area (Å²) in [5, 5.41) is 14.9. The van der Waals surface area contributed by atoms with Gasteiger partial charge in [-0.05, 0) is 24.3 Å². The van der Waals surface area contributed by atoms with E-state index in [0.29, 0.717) is 12.2 Å². The monoisotopic (exact) mass is 288 g/mol. The summed E-state index contributed by atoms with van der Waals surface area (Å²) in [7, 11) is 0. The molecular formula is C12H14F2N2O2S. The van der Waals surface area contributed by atoms with Crippen LogP contribution < -0.4 is 10.6 Å². The van der Waals surface area contributed by atoms with Crippen LogP contribution in [0.5, 0.6) is 0 Å². The Balaban J connectivity index is 1.85. The molecule has 0 bridgehead atoms. The van der Waals surface area contributed by atoms with E-state index in [1.54, 1.807) is 11.8 Å². The highest BCUT2D eigenvalue weighted by molar-refractivity contribution is 7.99. The van der Waals surface area contributed by atoms with E-state index in [4.69, 9.17) is 0 Å². The molecule has 0 aromatic heterocycles. The maximum absolute atomic E-state index is 12.9. The molecule has 0 spiro atoms. The minimum Gasteiger partial charge on any atom is -0.387 e. The molecular weight excluding hydrogens is 274 g/mol. The first-order valence-electron chi connectivity index (χ1n) is 5.79. The molecule has 19 heavy (non-hydrogen) atoms. The van der Waals surface area contributed by atoms with Crippen LogP contribution in [0, 0.1) is 11.6 Å². The summed E-state index contributed by atoms with van der Waals surface area (Å²) in [6.45, 7) is 0.134. The summed E-state index contributed by atoms with van der Waals surface area (Å²) in [4.78, 5) is 11.6. The highest BCUT2D eigenvalue weighted by atomic mass is 32.2. The SMILES string of the molecule is O=C(NCC1(O)CCSC1)Nc1ccc(F)c(F)c1. The lowest BCUT2D eigenvalue weighted by atomic mass is 10.0. The second kappa shape index (κ2) is 5.75. The van der Waals surface area contributed by atoms with Crippen molar-refractivity contribution in [3.05, 3.63) is 29.8 Å². The number of anilines is 1. The van der Waals surface area contributed by atoms with Crippen molar-refractivity contribution in [2.75, 3.05) is 23.4 Å². The number of thioether (sulfide) groups is 1. The van der Waals surface area contributed by atoms with Gasteiger partial charge in [-0.1, -0.05) is 0 Å². The van der Waals surface area contributed by atoms with E-state index < -0.39 is 23.3 Å². The van der Waals surface area contributed by atoms with Crippen LogP contribution in [0.2, 0.25) is 0 Å². The van der Waals surface area contributed by atoms with Crippen LogP contribution >= 0.6 is 11.8 Å². The van der Waals surface area contributed by atoms with Gasteiger partial charge in [-0.3, -0.25) is 0 Å². The molecule has 0 radical (unpaired) electrons. The maximum Gasteiger partial charge on any atom is 0.319 e. The van der Waals surface area contributed by atoms with Crippen molar-refractivity contribution < 1.29 is 18.7 Å². The number of rotatable bonds is 3. The molecule has 1 saturated heterocycles. The normalized spacial score (nSPS) is 22.3. The zero-order valence-electron chi connectivity index (χ0n) is 10.1. The topological polar surface area (TPSA) is 61.4 Å². The molecule has 1 aliphatic rings. The third-order valence-corrected chi connectivity index (χ3v) is 4.07. The number of amides is 2. The van der Waals surface area contributed by atoms with Gasteiger partial charge in [0.2, 0.25) is 0 Å².